The molecule has 0 spiro atoms. The highest BCUT2D eigenvalue weighted by molar-refractivity contribution is 6.17. The molecule has 1 aromatic carbocycles. The number of nitriles is 1. The molecule has 1 aromatic heterocycles. The van der Waals surface area contributed by atoms with E-state index in [9.17, 15) is 5.26 Å². The van der Waals surface area contributed by atoms with Crippen LogP contribution < -0.4 is 0 Å². The van der Waals surface area contributed by atoms with Gasteiger partial charge in [-0.25, -0.2) is 4.98 Å². The minimum atomic E-state index is 0.502. The van der Waals surface area contributed by atoms with Crippen molar-refractivity contribution in [2.24, 2.45) is 5.92 Å². The summed E-state index contributed by atoms with van der Waals surface area (Å²) in [6.07, 6.45) is 4.41. The van der Waals surface area contributed by atoms with Gasteiger partial charge in [0.2, 0.25) is 0 Å². The maximum atomic E-state index is 9.25. The smallest absolute Gasteiger partial charge is 0.111 e. The Morgan fingerprint density at radius 3 is 2.95 bits per heavy atom. The summed E-state index contributed by atoms with van der Waals surface area (Å²) in [5.41, 5.74) is 2.57. The highest BCUT2D eigenvalue weighted by Crippen LogP contribution is 2.37. The van der Waals surface area contributed by atoms with E-state index < -0.39 is 0 Å². The van der Waals surface area contributed by atoms with E-state index in [1.165, 1.54) is 19.3 Å². The lowest BCUT2D eigenvalue weighted by molar-refractivity contribution is 0.490. The van der Waals surface area contributed by atoms with Gasteiger partial charge in [-0.1, -0.05) is 13.0 Å². The van der Waals surface area contributed by atoms with Gasteiger partial charge in [0, 0.05) is 18.3 Å². The molecule has 20 heavy (non-hydrogen) atoms. The van der Waals surface area contributed by atoms with E-state index in [0.29, 0.717) is 17.5 Å². The summed E-state index contributed by atoms with van der Waals surface area (Å²) in [7, 11) is 0. The van der Waals surface area contributed by atoms with Crippen molar-refractivity contribution in [1.29, 1.82) is 5.26 Å². The van der Waals surface area contributed by atoms with E-state index >= 15 is 0 Å². The summed E-state index contributed by atoms with van der Waals surface area (Å²) in [5.74, 6) is 2.35. The average molecular weight is 288 g/mol. The second-order valence-corrected chi connectivity index (χ2v) is 6.07. The molecule has 104 valence electrons. The van der Waals surface area contributed by atoms with E-state index in [1.54, 1.807) is 0 Å². The van der Waals surface area contributed by atoms with Crippen LogP contribution in [0.25, 0.3) is 11.0 Å². The molecule has 4 heteroatoms. The Bertz CT molecular complexity index is 668. The number of hydrogen-bond acceptors (Lipinski definition) is 2. The van der Waals surface area contributed by atoms with Crippen molar-refractivity contribution < 1.29 is 0 Å². The van der Waals surface area contributed by atoms with Gasteiger partial charge >= 0.3 is 0 Å². The Labute approximate surface area is 124 Å². The Morgan fingerprint density at radius 1 is 1.45 bits per heavy atom. The SMILES string of the molecule is CC1CCC(n2c(CCCl)nc3c(C#N)cccc32)C1. The molecule has 1 aliphatic carbocycles. The summed E-state index contributed by atoms with van der Waals surface area (Å²) in [6.45, 7) is 2.31. The van der Waals surface area contributed by atoms with Gasteiger partial charge in [0.1, 0.15) is 17.4 Å². The highest BCUT2D eigenvalue weighted by Gasteiger charge is 2.26. The monoisotopic (exact) mass is 287 g/mol. The molecule has 2 atom stereocenters. The van der Waals surface area contributed by atoms with Crippen LogP contribution >= 0.6 is 11.6 Å². The van der Waals surface area contributed by atoms with Gasteiger partial charge in [0.05, 0.1) is 11.1 Å². The fourth-order valence-corrected chi connectivity index (χ4v) is 3.50. The quantitative estimate of drug-likeness (QED) is 0.799. The van der Waals surface area contributed by atoms with Crippen molar-refractivity contribution in [1.82, 2.24) is 9.55 Å². The van der Waals surface area contributed by atoms with Crippen LogP contribution in [0, 0.1) is 17.2 Å². The number of fused-ring (bicyclic) bond motifs is 1. The standard InChI is InChI=1S/C16H18ClN3/c1-11-5-6-13(9-11)20-14-4-2-3-12(10-18)16(14)19-15(20)7-8-17/h2-4,11,13H,5-9H2,1H3. The molecule has 0 saturated heterocycles. The molecule has 0 N–H and O–H groups in total. The predicted molar refractivity (Wildman–Crippen MR) is 80.9 cm³/mol. The molecular weight excluding hydrogens is 270 g/mol. The number of aryl methyl sites for hydroxylation is 1. The van der Waals surface area contributed by atoms with Crippen LogP contribution in [0.4, 0.5) is 0 Å². The van der Waals surface area contributed by atoms with Gasteiger partial charge in [-0.2, -0.15) is 5.26 Å². The van der Waals surface area contributed by atoms with Crippen molar-refractivity contribution in [3.05, 3.63) is 29.6 Å². The van der Waals surface area contributed by atoms with Gasteiger partial charge in [0.15, 0.2) is 0 Å². The van der Waals surface area contributed by atoms with Gasteiger partial charge < -0.3 is 4.57 Å². The van der Waals surface area contributed by atoms with Crippen LogP contribution in [0.3, 0.4) is 0 Å². The summed E-state index contributed by atoms with van der Waals surface area (Å²) in [6, 6.07) is 8.60. The molecule has 1 saturated carbocycles. The molecule has 2 unspecified atom stereocenters. The molecule has 1 fully saturated rings. The first-order valence-electron chi connectivity index (χ1n) is 7.20. The molecule has 1 aliphatic rings. The van der Waals surface area contributed by atoms with Crippen molar-refractivity contribution in [3.63, 3.8) is 0 Å². The molecule has 0 amide bonds. The molecule has 2 aromatic rings. The average Bonchev–Trinajstić information content (AvgIpc) is 3.01. The summed E-state index contributed by atoms with van der Waals surface area (Å²) >= 11 is 5.93. The second kappa shape index (κ2) is 5.46. The molecule has 0 bridgehead atoms. The molecule has 3 rings (SSSR count). The van der Waals surface area contributed by atoms with E-state index in [4.69, 9.17) is 16.6 Å². The molecular formula is C16H18ClN3. The third kappa shape index (κ3) is 2.19. The largest absolute Gasteiger partial charge is 0.325 e. The highest BCUT2D eigenvalue weighted by atomic mass is 35.5. The number of para-hydroxylation sites is 1. The van der Waals surface area contributed by atoms with Gasteiger partial charge in [-0.3, -0.25) is 0 Å². The number of nitrogens with zero attached hydrogens (tertiary/aromatic N) is 3. The minimum absolute atomic E-state index is 0.502. The predicted octanol–water partition coefficient (Wildman–Crippen LogP) is 4.05. The first-order valence-corrected chi connectivity index (χ1v) is 7.74. The zero-order valence-corrected chi connectivity index (χ0v) is 12.4. The van der Waals surface area contributed by atoms with Crippen LogP contribution in [-0.2, 0) is 6.42 Å². The number of rotatable bonds is 3. The molecule has 0 aliphatic heterocycles. The fraction of sp³-hybridized carbons (Fsp3) is 0.500. The number of hydrogen-bond donors (Lipinski definition) is 0. The lowest BCUT2D eigenvalue weighted by Gasteiger charge is -2.16. The van der Waals surface area contributed by atoms with Crippen molar-refractivity contribution in [3.8, 4) is 6.07 Å². The number of aromatic nitrogens is 2. The minimum Gasteiger partial charge on any atom is -0.325 e. The van der Waals surface area contributed by atoms with Crippen molar-refractivity contribution in [2.75, 3.05) is 5.88 Å². The van der Waals surface area contributed by atoms with Crippen molar-refractivity contribution in [2.45, 2.75) is 38.6 Å². The second-order valence-electron chi connectivity index (χ2n) is 5.69. The van der Waals surface area contributed by atoms with Crippen LogP contribution in [0.1, 0.15) is 43.6 Å². The molecule has 3 nitrogen and oxygen atoms in total. The number of imidazole rings is 1. The fourth-order valence-electron chi connectivity index (χ4n) is 3.34. The summed E-state index contributed by atoms with van der Waals surface area (Å²) in [4.78, 5) is 4.70. The van der Waals surface area contributed by atoms with E-state index in [0.717, 1.165) is 29.2 Å². The van der Waals surface area contributed by atoms with Gasteiger partial charge in [0.25, 0.3) is 0 Å². The Morgan fingerprint density at radius 2 is 2.30 bits per heavy atom. The molecule has 0 radical (unpaired) electrons. The zero-order chi connectivity index (χ0) is 14.1. The Hall–Kier alpha value is -1.53. The lowest BCUT2D eigenvalue weighted by Crippen LogP contribution is -2.10. The Kier molecular flexibility index (Phi) is 3.67. The van der Waals surface area contributed by atoms with Crippen LogP contribution in [0.15, 0.2) is 18.2 Å². The van der Waals surface area contributed by atoms with Crippen LogP contribution in [0.5, 0.6) is 0 Å². The number of halogens is 1. The van der Waals surface area contributed by atoms with E-state index in [2.05, 4.69) is 23.6 Å². The van der Waals surface area contributed by atoms with Gasteiger partial charge in [-0.05, 0) is 37.3 Å². The first kappa shape index (κ1) is 13.5. The summed E-state index contributed by atoms with van der Waals surface area (Å²) < 4.78 is 2.34. The van der Waals surface area contributed by atoms with E-state index in [1.807, 2.05) is 12.1 Å². The first-order chi connectivity index (χ1) is 9.74. The van der Waals surface area contributed by atoms with Crippen LogP contribution in [-0.4, -0.2) is 15.4 Å². The maximum absolute atomic E-state index is 9.25. The number of alkyl halides is 1. The topological polar surface area (TPSA) is 41.6 Å². The number of benzene rings is 1. The van der Waals surface area contributed by atoms with Crippen LogP contribution in [0.2, 0.25) is 0 Å². The maximum Gasteiger partial charge on any atom is 0.111 e. The lowest BCUT2D eigenvalue weighted by atomic mass is 10.1. The summed E-state index contributed by atoms with van der Waals surface area (Å²) in [5, 5.41) is 9.25. The van der Waals surface area contributed by atoms with Gasteiger partial charge in [-0.15, -0.1) is 11.6 Å². The Balaban J connectivity index is 2.17. The molecule has 1 heterocycles. The normalized spacial score (nSPS) is 22.2. The zero-order valence-electron chi connectivity index (χ0n) is 11.6. The third-order valence-electron chi connectivity index (χ3n) is 4.26. The van der Waals surface area contributed by atoms with Crippen molar-refractivity contribution >= 4 is 22.6 Å². The van der Waals surface area contributed by atoms with E-state index in [-0.39, 0.29) is 0 Å². The third-order valence-corrected chi connectivity index (χ3v) is 4.45.